The van der Waals surface area contributed by atoms with Crippen molar-refractivity contribution in [1.29, 1.82) is 0 Å². The molecule has 0 bridgehead atoms. The molecular weight excluding hydrogens is 147 g/mol. The average Bonchev–Trinajstić information content (AvgIpc) is 1.60. The van der Waals surface area contributed by atoms with Gasteiger partial charge in [-0.3, -0.25) is 0 Å². The van der Waals surface area contributed by atoms with E-state index >= 15 is 0 Å². The molecule has 0 aromatic heterocycles. The normalized spacial score (nSPS) is 13.5. The largest absolute Gasteiger partial charge is 1.00 e. The molecule has 0 aliphatic heterocycles. The maximum absolute atomic E-state index is 10.8. The van der Waals surface area contributed by atoms with Crippen LogP contribution in [0.25, 0.3) is 0 Å². The van der Waals surface area contributed by atoms with Crippen molar-refractivity contribution in [3.05, 3.63) is 12.2 Å². The van der Waals surface area contributed by atoms with E-state index in [1.807, 2.05) is 0 Å². The molecule has 0 heterocycles. The van der Waals surface area contributed by atoms with Gasteiger partial charge in [-0.2, -0.15) is 0 Å². The molecule has 0 spiro atoms. The molecular formula is C8H17LiOSi. The average molecular weight is 164 g/mol. The molecule has 0 rings (SSSR count). The zero-order valence-electron chi connectivity index (χ0n) is 8.40. The molecule has 0 aliphatic rings. The summed E-state index contributed by atoms with van der Waals surface area (Å²) < 4.78 is 0. The molecule has 3 heteroatoms. The van der Waals surface area contributed by atoms with Gasteiger partial charge in [0.1, 0.15) is 0 Å². The van der Waals surface area contributed by atoms with Gasteiger partial charge in [0.25, 0.3) is 0 Å². The third-order valence-corrected chi connectivity index (χ3v) is 2.85. The van der Waals surface area contributed by atoms with Gasteiger partial charge in [-0.25, -0.2) is 0 Å². The molecule has 0 saturated heterocycles. The molecule has 11 heavy (non-hydrogen) atoms. The van der Waals surface area contributed by atoms with Gasteiger partial charge in [0, 0.05) is 8.07 Å². The number of hydrogen-bond donors (Lipinski definition) is 0. The first-order valence-electron chi connectivity index (χ1n) is 3.66. The summed E-state index contributed by atoms with van der Waals surface area (Å²) in [5, 5.41) is 10.8. The predicted molar refractivity (Wildman–Crippen MR) is 46.8 cm³/mol. The summed E-state index contributed by atoms with van der Waals surface area (Å²) in [6.07, 6.45) is -0.577. The van der Waals surface area contributed by atoms with Gasteiger partial charge in [0.05, 0.1) is 0 Å². The zero-order valence-corrected chi connectivity index (χ0v) is 9.40. The van der Waals surface area contributed by atoms with Crippen molar-refractivity contribution in [1.82, 2.24) is 0 Å². The van der Waals surface area contributed by atoms with E-state index in [2.05, 4.69) is 26.2 Å². The third kappa shape index (κ3) is 8.42. The van der Waals surface area contributed by atoms with Crippen LogP contribution >= 0.6 is 0 Å². The molecule has 0 saturated carbocycles. The Bertz CT molecular complexity index is 127. The van der Waals surface area contributed by atoms with Crippen molar-refractivity contribution in [2.24, 2.45) is 0 Å². The minimum Gasteiger partial charge on any atom is -0.849 e. The quantitative estimate of drug-likeness (QED) is 0.373. The molecule has 0 aliphatic carbocycles. The first kappa shape index (κ1) is 14.1. The van der Waals surface area contributed by atoms with Crippen LogP contribution in [0.3, 0.4) is 0 Å². The van der Waals surface area contributed by atoms with Crippen LogP contribution in [0.4, 0.5) is 0 Å². The molecule has 0 amide bonds. The zero-order chi connectivity index (χ0) is 8.36. The molecule has 0 radical (unpaired) electrons. The van der Waals surface area contributed by atoms with Crippen LogP contribution < -0.4 is 24.0 Å². The van der Waals surface area contributed by atoms with E-state index in [4.69, 9.17) is 0 Å². The first-order chi connectivity index (χ1) is 4.33. The van der Waals surface area contributed by atoms with Gasteiger partial charge >= 0.3 is 18.9 Å². The Hall–Kier alpha value is 0.514. The predicted octanol–water partition coefficient (Wildman–Crippen LogP) is -1.37. The van der Waals surface area contributed by atoms with E-state index in [1.54, 1.807) is 6.92 Å². The van der Waals surface area contributed by atoms with Crippen LogP contribution in [0.2, 0.25) is 25.7 Å². The first-order valence-corrected chi connectivity index (χ1v) is 7.37. The van der Waals surface area contributed by atoms with E-state index in [9.17, 15) is 5.11 Å². The Kier molecular flexibility index (Phi) is 6.66. The topological polar surface area (TPSA) is 23.1 Å². The van der Waals surface area contributed by atoms with Crippen molar-refractivity contribution in [3.63, 3.8) is 0 Å². The summed E-state index contributed by atoms with van der Waals surface area (Å²) in [6.45, 7) is 12.2. The van der Waals surface area contributed by atoms with E-state index in [0.29, 0.717) is 0 Å². The molecule has 0 fully saturated rings. The van der Waals surface area contributed by atoms with Gasteiger partial charge in [0.15, 0.2) is 0 Å². The summed E-state index contributed by atoms with van der Waals surface area (Å²) in [4.78, 5) is 0. The summed E-state index contributed by atoms with van der Waals surface area (Å²) >= 11 is 0. The van der Waals surface area contributed by atoms with E-state index < -0.39 is 14.2 Å². The van der Waals surface area contributed by atoms with Gasteiger partial charge in [-0.05, 0) is 6.04 Å². The second-order valence-electron chi connectivity index (χ2n) is 4.04. The fourth-order valence-corrected chi connectivity index (χ4v) is 2.47. The Balaban J connectivity index is 0. The Morgan fingerprint density at radius 2 is 1.82 bits per heavy atom. The van der Waals surface area contributed by atoms with Gasteiger partial charge in [-0.15, -0.1) is 12.7 Å². The summed E-state index contributed by atoms with van der Waals surface area (Å²) in [5.41, 5.74) is 0.874. The Morgan fingerprint density at radius 3 is 1.91 bits per heavy atom. The van der Waals surface area contributed by atoms with Crippen LogP contribution in [0.15, 0.2) is 12.2 Å². The standard InChI is InChI=1S/C8H17OSi.Li/c1-7(8(2)9)6-10(3,4)5;/h8H,1,6H2,2-5H3;/q-1;+1. The monoisotopic (exact) mass is 164 g/mol. The fraction of sp³-hybridized carbons (Fsp3) is 0.750. The summed E-state index contributed by atoms with van der Waals surface area (Å²) in [6, 6.07) is 0.970. The van der Waals surface area contributed by atoms with Gasteiger partial charge in [-0.1, -0.05) is 32.1 Å². The minimum absolute atomic E-state index is 0. The van der Waals surface area contributed by atoms with Crippen LogP contribution in [0.5, 0.6) is 0 Å². The molecule has 1 atom stereocenters. The smallest absolute Gasteiger partial charge is 0.849 e. The van der Waals surface area contributed by atoms with Crippen molar-refractivity contribution >= 4 is 8.07 Å². The number of rotatable bonds is 3. The van der Waals surface area contributed by atoms with Crippen LogP contribution in [-0.4, -0.2) is 14.2 Å². The summed E-state index contributed by atoms with van der Waals surface area (Å²) in [5.74, 6) is 0. The fourth-order valence-electron chi connectivity index (χ4n) is 0.825. The number of hydrogen-bond acceptors (Lipinski definition) is 1. The van der Waals surface area contributed by atoms with E-state index in [0.717, 1.165) is 11.6 Å². The van der Waals surface area contributed by atoms with Crippen molar-refractivity contribution in [2.45, 2.75) is 38.7 Å². The van der Waals surface area contributed by atoms with Crippen LogP contribution in [0, 0.1) is 0 Å². The molecule has 0 aromatic carbocycles. The van der Waals surface area contributed by atoms with E-state index in [-0.39, 0.29) is 18.9 Å². The minimum atomic E-state index is -1.08. The summed E-state index contributed by atoms with van der Waals surface area (Å²) in [7, 11) is -1.08. The second kappa shape index (κ2) is 5.21. The third-order valence-electron chi connectivity index (χ3n) is 1.33. The molecule has 60 valence electrons. The van der Waals surface area contributed by atoms with Crippen LogP contribution in [0.1, 0.15) is 6.92 Å². The molecule has 1 unspecified atom stereocenters. The Morgan fingerprint density at radius 1 is 1.45 bits per heavy atom. The second-order valence-corrected chi connectivity index (χ2v) is 9.51. The van der Waals surface area contributed by atoms with Crippen molar-refractivity contribution in [2.75, 3.05) is 0 Å². The SMILES string of the molecule is C=C(C[Si](C)(C)C)C(C)[O-].[Li+]. The Labute approximate surface area is 83.1 Å². The molecule has 1 nitrogen and oxygen atoms in total. The van der Waals surface area contributed by atoms with E-state index in [1.165, 1.54) is 0 Å². The molecule has 0 N–H and O–H groups in total. The maximum Gasteiger partial charge on any atom is 1.00 e. The van der Waals surface area contributed by atoms with Crippen molar-refractivity contribution < 1.29 is 24.0 Å². The van der Waals surface area contributed by atoms with Gasteiger partial charge in [0.2, 0.25) is 0 Å². The maximum atomic E-state index is 10.8. The van der Waals surface area contributed by atoms with Crippen molar-refractivity contribution in [3.8, 4) is 0 Å². The van der Waals surface area contributed by atoms with Gasteiger partial charge < -0.3 is 5.11 Å². The van der Waals surface area contributed by atoms with Crippen LogP contribution in [-0.2, 0) is 0 Å². The molecule has 0 aromatic rings.